The molecule has 0 aliphatic carbocycles. The molecule has 1 amide bonds. The highest BCUT2D eigenvalue weighted by molar-refractivity contribution is 7.99. The van der Waals surface area contributed by atoms with Gasteiger partial charge in [0.2, 0.25) is 5.91 Å². The van der Waals surface area contributed by atoms with Gasteiger partial charge in [-0.3, -0.25) is 9.59 Å². The van der Waals surface area contributed by atoms with Gasteiger partial charge in [-0.15, -0.1) is 11.8 Å². The predicted molar refractivity (Wildman–Crippen MR) is 111 cm³/mol. The van der Waals surface area contributed by atoms with Gasteiger partial charge in [-0.1, -0.05) is 30.3 Å². The SMILES string of the molecule is COc1ccc(COC(=O)c2ccccc2CC(=O)CN2C(=O)CC2SC)cc1. The van der Waals surface area contributed by atoms with Gasteiger partial charge in [0.05, 0.1) is 31.0 Å². The number of benzene rings is 2. The molecule has 152 valence electrons. The molecule has 0 spiro atoms. The Morgan fingerprint density at radius 1 is 1.14 bits per heavy atom. The van der Waals surface area contributed by atoms with Crippen molar-refractivity contribution in [2.75, 3.05) is 19.9 Å². The van der Waals surface area contributed by atoms with Crippen LogP contribution in [0.5, 0.6) is 5.75 Å². The van der Waals surface area contributed by atoms with E-state index in [2.05, 4.69) is 0 Å². The molecular formula is C22H23NO5S. The lowest BCUT2D eigenvalue weighted by Crippen LogP contribution is -2.52. The first kappa shape index (κ1) is 20.9. The Balaban J connectivity index is 1.60. The molecule has 1 unspecified atom stereocenters. The van der Waals surface area contributed by atoms with E-state index in [-0.39, 0.29) is 36.6 Å². The molecule has 1 aliphatic rings. The molecule has 2 aromatic rings. The van der Waals surface area contributed by atoms with Crippen molar-refractivity contribution < 1.29 is 23.9 Å². The summed E-state index contributed by atoms with van der Waals surface area (Å²) in [5.74, 6) is 0.136. The number of likely N-dealkylation sites (tertiary alicyclic amines) is 1. The van der Waals surface area contributed by atoms with Crippen LogP contribution in [0.4, 0.5) is 0 Å². The Labute approximate surface area is 174 Å². The van der Waals surface area contributed by atoms with E-state index in [9.17, 15) is 14.4 Å². The van der Waals surface area contributed by atoms with Crippen LogP contribution in [0.25, 0.3) is 0 Å². The monoisotopic (exact) mass is 413 g/mol. The first-order valence-corrected chi connectivity index (χ1v) is 10.5. The summed E-state index contributed by atoms with van der Waals surface area (Å²) in [5.41, 5.74) is 1.81. The minimum Gasteiger partial charge on any atom is -0.497 e. The second kappa shape index (κ2) is 9.60. The fraction of sp³-hybridized carbons (Fsp3) is 0.318. The first-order chi connectivity index (χ1) is 14.0. The van der Waals surface area contributed by atoms with E-state index < -0.39 is 5.97 Å². The number of hydrogen-bond donors (Lipinski definition) is 0. The van der Waals surface area contributed by atoms with Crippen LogP contribution in [-0.4, -0.2) is 47.8 Å². The second-order valence-corrected chi connectivity index (χ2v) is 7.73. The van der Waals surface area contributed by atoms with Crippen molar-refractivity contribution in [1.29, 1.82) is 0 Å². The summed E-state index contributed by atoms with van der Waals surface area (Å²) >= 11 is 1.56. The fourth-order valence-corrected chi connectivity index (χ4v) is 3.86. The zero-order valence-corrected chi connectivity index (χ0v) is 17.2. The maximum absolute atomic E-state index is 12.6. The number of rotatable bonds is 9. The van der Waals surface area contributed by atoms with Gasteiger partial charge in [0.15, 0.2) is 5.78 Å². The molecule has 1 fully saturated rings. The molecule has 0 saturated carbocycles. The molecule has 1 saturated heterocycles. The Hall–Kier alpha value is -2.80. The largest absolute Gasteiger partial charge is 0.497 e. The van der Waals surface area contributed by atoms with Crippen molar-refractivity contribution >= 4 is 29.4 Å². The zero-order chi connectivity index (χ0) is 20.8. The van der Waals surface area contributed by atoms with Crippen LogP contribution in [0.3, 0.4) is 0 Å². The van der Waals surface area contributed by atoms with E-state index in [0.717, 1.165) is 11.3 Å². The highest BCUT2D eigenvalue weighted by atomic mass is 32.2. The average molecular weight is 413 g/mol. The van der Waals surface area contributed by atoms with Gasteiger partial charge in [0.1, 0.15) is 12.4 Å². The molecule has 0 N–H and O–H groups in total. The molecule has 0 radical (unpaired) electrons. The number of esters is 1. The number of thioether (sulfide) groups is 1. The standard InChI is InChI=1S/C22H23NO5S/c1-27-18-9-7-15(8-10-18)14-28-22(26)19-6-4-3-5-16(19)11-17(24)13-23-20(25)12-21(23)29-2/h3-10,21H,11-14H2,1-2H3. The lowest BCUT2D eigenvalue weighted by molar-refractivity contribution is -0.144. The maximum atomic E-state index is 12.6. The van der Waals surface area contributed by atoms with Crippen LogP contribution in [0.1, 0.15) is 27.9 Å². The summed E-state index contributed by atoms with van der Waals surface area (Å²) in [4.78, 5) is 38.3. The lowest BCUT2D eigenvalue weighted by atomic mass is 10.0. The fourth-order valence-electron chi connectivity index (χ4n) is 3.11. The Morgan fingerprint density at radius 2 is 1.86 bits per heavy atom. The molecule has 0 aromatic heterocycles. The first-order valence-electron chi connectivity index (χ1n) is 9.23. The molecule has 1 heterocycles. The molecule has 7 heteroatoms. The number of ketones is 1. The summed E-state index contributed by atoms with van der Waals surface area (Å²) in [6, 6.07) is 14.2. The number of β-lactam (4-membered cyclic amide) rings is 1. The van der Waals surface area contributed by atoms with Crippen LogP contribution in [0.15, 0.2) is 48.5 Å². The number of hydrogen-bond acceptors (Lipinski definition) is 6. The molecule has 6 nitrogen and oxygen atoms in total. The minimum atomic E-state index is -0.480. The quantitative estimate of drug-likeness (QED) is 0.465. The normalized spacial score (nSPS) is 15.6. The summed E-state index contributed by atoms with van der Waals surface area (Å²) in [6.07, 6.45) is 2.48. The van der Waals surface area contributed by atoms with Crippen LogP contribution in [-0.2, 0) is 27.4 Å². The van der Waals surface area contributed by atoms with E-state index in [1.165, 1.54) is 0 Å². The summed E-state index contributed by atoms with van der Waals surface area (Å²) in [6.45, 7) is 0.197. The molecule has 1 atom stereocenters. The van der Waals surface area contributed by atoms with Crippen molar-refractivity contribution in [3.05, 3.63) is 65.2 Å². The molecule has 0 bridgehead atoms. The van der Waals surface area contributed by atoms with Gasteiger partial charge in [-0.2, -0.15) is 0 Å². The summed E-state index contributed by atoms with van der Waals surface area (Å²) in [5, 5.41) is 0.0659. The van der Waals surface area contributed by atoms with Crippen LogP contribution < -0.4 is 4.74 Å². The lowest BCUT2D eigenvalue weighted by Gasteiger charge is -2.38. The van der Waals surface area contributed by atoms with E-state index in [1.54, 1.807) is 60.2 Å². The maximum Gasteiger partial charge on any atom is 0.338 e. The third-order valence-electron chi connectivity index (χ3n) is 4.79. The molecular weight excluding hydrogens is 390 g/mol. The van der Waals surface area contributed by atoms with Crippen molar-refractivity contribution in [1.82, 2.24) is 4.90 Å². The Morgan fingerprint density at radius 3 is 2.52 bits per heavy atom. The zero-order valence-electron chi connectivity index (χ0n) is 16.4. The Bertz CT molecular complexity index is 896. The number of Topliss-reactive ketones (excluding diaryl/α,β-unsaturated/α-hetero) is 1. The molecule has 29 heavy (non-hydrogen) atoms. The number of amides is 1. The number of carbonyl (C=O) groups is 3. The van der Waals surface area contributed by atoms with E-state index in [4.69, 9.17) is 9.47 Å². The number of methoxy groups -OCH3 is 1. The third kappa shape index (κ3) is 5.17. The number of nitrogens with zero attached hydrogens (tertiary/aromatic N) is 1. The van der Waals surface area contributed by atoms with Crippen molar-refractivity contribution in [3.63, 3.8) is 0 Å². The van der Waals surface area contributed by atoms with Gasteiger partial charge in [0, 0.05) is 6.42 Å². The highest BCUT2D eigenvalue weighted by Gasteiger charge is 2.36. The topological polar surface area (TPSA) is 72.9 Å². The van der Waals surface area contributed by atoms with Crippen LogP contribution in [0.2, 0.25) is 0 Å². The second-order valence-electron chi connectivity index (χ2n) is 6.71. The van der Waals surface area contributed by atoms with Gasteiger partial charge >= 0.3 is 5.97 Å². The summed E-state index contributed by atoms with van der Waals surface area (Å²) in [7, 11) is 1.59. The van der Waals surface area contributed by atoms with Crippen molar-refractivity contribution in [2.45, 2.75) is 24.8 Å². The van der Waals surface area contributed by atoms with Crippen molar-refractivity contribution in [3.8, 4) is 5.75 Å². The van der Waals surface area contributed by atoms with E-state index >= 15 is 0 Å². The van der Waals surface area contributed by atoms with E-state index in [0.29, 0.717) is 17.5 Å². The van der Waals surface area contributed by atoms with Crippen molar-refractivity contribution in [2.24, 2.45) is 0 Å². The third-order valence-corrected chi connectivity index (χ3v) is 5.76. The van der Waals surface area contributed by atoms with E-state index in [1.807, 2.05) is 18.4 Å². The van der Waals surface area contributed by atoms with Gasteiger partial charge in [-0.25, -0.2) is 4.79 Å². The average Bonchev–Trinajstić information content (AvgIpc) is 2.74. The van der Waals surface area contributed by atoms with Gasteiger partial charge in [-0.05, 0) is 35.6 Å². The molecule has 1 aliphatic heterocycles. The predicted octanol–water partition coefficient (Wildman–Crippen LogP) is 3.09. The summed E-state index contributed by atoms with van der Waals surface area (Å²) < 4.78 is 10.5. The van der Waals surface area contributed by atoms with Gasteiger partial charge < -0.3 is 14.4 Å². The molecule has 2 aromatic carbocycles. The smallest absolute Gasteiger partial charge is 0.338 e. The van der Waals surface area contributed by atoms with Crippen LogP contribution in [0, 0.1) is 0 Å². The van der Waals surface area contributed by atoms with Gasteiger partial charge in [0.25, 0.3) is 0 Å². The molecule has 3 rings (SSSR count). The number of carbonyl (C=O) groups excluding carboxylic acids is 3. The highest BCUT2D eigenvalue weighted by Crippen LogP contribution is 2.27. The minimum absolute atomic E-state index is 0.00936. The van der Waals surface area contributed by atoms with Crippen LogP contribution >= 0.6 is 11.8 Å². The Kier molecular flexibility index (Phi) is 6.93. The number of ether oxygens (including phenoxy) is 2.